The van der Waals surface area contributed by atoms with E-state index in [1.807, 2.05) is 0 Å². The second-order valence-electron chi connectivity index (χ2n) is 6.11. The molecule has 0 bridgehead atoms. The summed E-state index contributed by atoms with van der Waals surface area (Å²) in [6.07, 6.45) is 2.68. The molecule has 0 spiro atoms. The highest BCUT2D eigenvalue weighted by Crippen LogP contribution is 2.28. The van der Waals surface area contributed by atoms with E-state index in [1.165, 1.54) is 46.2 Å². The lowest BCUT2D eigenvalue weighted by Crippen LogP contribution is -2.15. The molecule has 1 aliphatic rings. The summed E-state index contributed by atoms with van der Waals surface area (Å²) in [4.78, 5) is 0. The first-order chi connectivity index (χ1) is 9.63. The molecule has 1 N–H and O–H groups in total. The van der Waals surface area contributed by atoms with E-state index in [0.717, 1.165) is 12.6 Å². The molecule has 0 saturated heterocycles. The summed E-state index contributed by atoms with van der Waals surface area (Å²) in [6.45, 7) is 7.51. The van der Waals surface area contributed by atoms with Crippen LogP contribution in [0.4, 0.5) is 0 Å². The van der Waals surface area contributed by atoms with Crippen LogP contribution in [0.25, 0.3) is 11.1 Å². The fraction of sp³-hybridized carbons (Fsp3) is 0.368. The first kappa shape index (κ1) is 13.4. The van der Waals surface area contributed by atoms with Crippen molar-refractivity contribution in [2.75, 3.05) is 0 Å². The highest BCUT2D eigenvalue weighted by Gasteiger charge is 2.20. The van der Waals surface area contributed by atoms with Crippen molar-refractivity contribution in [3.8, 4) is 11.1 Å². The van der Waals surface area contributed by atoms with E-state index in [9.17, 15) is 0 Å². The average molecular weight is 265 g/mol. The Morgan fingerprint density at radius 3 is 2.45 bits per heavy atom. The normalized spacial score (nSPS) is 14.6. The molecule has 1 nitrogen and oxygen atoms in total. The molecule has 0 radical (unpaired) electrons. The molecule has 0 heterocycles. The molecule has 0 aliphatic heterocycles. The zero-order chi connectivity index (χ0) is 14.1. The molecule has 0 atom stereocenters. The highest BCUT2D eigenvalue weighted by molar-refractivity contribution is 5.69. The number of benzene rings is 2. The van der Waals surface area contributed by atoms with Gasteiger partial charge in [-0.25, -0.2) is 0 Å². The van der Waals surface area contributed by atoms with Crippen LogP contribution >= 0.6 is 0 Å². The SMILES string of the molecule is Cc1ccc(CNC2CC2)c(-c2ccc(C)c(C)c2)c1. The quantitative estimate of drug-likeness (QED) is 0.856. The Morgan fingerprint density at radius 2 is 1.75 bits per heavy atom. The molecular weight excluding hydrogens is 242 g/mol. The van der Waals surface area contributed by atoms with Crippen molar-refractivity contribution in [1.82, 2.24) is 5.32 Å². The standard InChI is InChI=1S/C19H23N/c1-13-4-6-17(12-20-18-8-9-18)19(10-13)16-7-5-14(2)15(3)11-16/h4-7,10-11,18,20H,8-9,12H2,1-3H3. The van der Waals surface area contributed by atoms with E-state index in [2.05, 4.69) is 62.5 Å². The van der Waals surface area contributed by atoms with Crippen LogP contribution < -0.4 is 5.32 Å². The van der Waals surface area contributed by atoms with Gasteiger partial charge in [-0.2, -0.15) is 0 Å². The monoisotopic (exact) mass is 265 g/mol. The van der Waals surface area contributed by atoms with Gasteiger partial charge in [0.2, 0.25) is 0 Å². The van der Waals surface area contributed by atoms with Gasteiger partial charge in [-0.3, -0.25) is 0 Å². The second kappa shape index (κ2) is 5.41. The molecule has 0 aromatic heterocycles. The number of hydrogen-bond acceptors (Lipinski definition) is 1. The third-order valence-electron chi connectivity index (χ3n) is 4.24. The van der Waals surface area contributed by atoms with E-state index in [1.54, 1.807) is 0 Å². The molecule has 20 heavy (non-hydrogen) atoms. The number of rotatable bonds is 4. The van der Waals surface area contributed by atoms with Crippen LogP contribution in [0.1, 0.15) is 35.1 Å². The smallest absolute Gasteiger partial charge is 0.0214 e. The average Bonchev–Trinajstić information content (AvgIpc) is 3.24. The summed E-state index contributed by atoms with van der Waals surface area (Å²) in [7, 11) is 0. The van der Waals surface area contributed by atoms with E-state index < -0.39 is 0 Å². The molecule has 0 unspecified atom stereocenters. The Labute approximate surface area is 122 Å². The molecule has 2 aromatic rings. The highest BCUT2D eigenvalue weighted by atomic mass is 14.9. The van der Waals surface area contributed by atoms with Gasteiger partial charge in [0.15, 0.2) is 0 Å². The van der Waals surface area contributed by atoms with Crippen LogP contribution in [-0.2, 0) is 6.54 Å². The van der Waals surface area contributed by atoms with Crippen molar-refractivity contribution < 1.29 is 0 Å². The van der Waals surface area contributed by atoms with E-state index >= 15 is 0 Å². The van der Waals surface area contributed by atoms with Gasteiger partial charge in [0.1, 0.15) is 0 Å². The Kier molecular flexibility index (Phi) is 3.62. The topological polar surface area (TPSA) is 12.0 Å². The zero-order valence-corrected chi connectivity index (χ0v) is 12.7. The van der Waals surface area contributed by atoms with Gasteiger partial charge in [0, 0.05) is 12.6 Å². The van der Waals surface area contributed by atoms with Crippen molar-refractivity contribution in [2.45, 2.75) is 46.2 Å². The third kappa shape index (κ3) is 2.94. The first-order valence-corrected chi connectivity index (χ1v) is 7.54. The van der Waals surface area contributed by atoms with Crippen LogP contribution in [0.5, 0.6) is 0 Å². The van der Waals surface area contributed by atoms with Gasteiger partial charge >= 0.3 is 0 Å². The van der Waals surface area contributed by atoms with E-state index in [-0.39, 0.29) is 0 Å². The summed E-state index contributed by atoms with van der Waals surface area (Å²) in [5.74, 6) is 0. The van der Waals surface area contributed by atoms with Crippen molar-refractivity contribution in [1.29, 1.82) is 0 Å². The largest absolute Gasteiger partial charge is 0.310 e. The summed E-state index contributed by atoms with van der Waals surface area (Å²) < 4.78 is 0. The van der Waals surface area contributed by atoms with E-state index in [0.29, 0.717) is 0 Å². The van der Waals surface area contributed by atoms with E-state index in [4.69, 9.17) is 0 Å². The van der Waals surface area contributed by atoms with Crippen LogP contribution in [0.15, 0.2) is 36.4 Å². The molecule has 0 amide bonds. The molecule has 1 heteroatoms. The molecule has 2 aromatic carbocycles. The van der Waals surface area contributed by atoms with Crippen molar-refractivity contribution in [3.63, 3.8) is 0 Å². The second-order valence-corrected chi connectivity index (χ2v) is 6.11. The maximum Gasteiger partial charge on any atom is 0.0214 e. The van der Waals surface area contributed by atoms with Gasteiger partial charge in [0.05, 0.1) is 0 Å². The van der Waals surface area contributed by atoms with Crippen molar-refractivity contribution in [3.05, 3.63) is 58.7 Å². The molecule has 104 valence electrons. The fourth-order valence-corrected chi connectivity index (χ4v) is 2.56. The Balaban J connectivity index is 1.96. The summed E-state index contributed by atoms with van der Waals surface area (Å²) in [6, 6.07) is 14.3. The Bertz CT molecular complexity index is 624. The van der Waals surface area contributed by atoms with Crippen LogP contribution in [0.2, 0.25) is 0 Å². The Morgan fingerprint density at radius 1 is 0.950 bits per heavy atom. The van der Waals surface area contributed by atoms with Crippen molar-refractivity contribution in [2.24, 2.45) is 0 Å². The predicted molar refractivity (Wildman–Crippen MR) is 86.0 cm³/mol. The van der Waals surface area contributed by atoms with Crippen LogP contribution in [-0.4, -0.2) is 6.04 Å². The molecule has 3 rings (SSSR count). The van der Waals surface area contributed by atoms with Gasteiger partial charge in [-0.15, -0.1) is 0 Å². The van der Waals surface area contributed by atoms with Crippen molar-refractivity contribution >= 4 is 0 Å². The van der Waals surface area contributed by atoms with Crippen LogP contribution in [0, 0.1) is 20.8 Å². The fourth-order valence-electron chi connectivity index (χ4n) is 2.56. The molecule has 1 aliphatic carbocycles. The molecular formula is C19H23N. The first-order valence-electron chi connectivity index (χ1n) is 7.54. The maximum absolute atomic E-state index is 3.63. The summed E-state index contributed by atoms with van der Waals surface area (Å²) >= 11 is 0. The third-order valence-corrected chi connectivity index (χ3v) is 4.24. The van der Waals surface area contributed by atoms with Gasteiger partial charge in [-0.1, -0.05) is 42.0 Å². The van der Waals surface area contributed by atoms with Gasteiger partial charge < -0.3 is 5.32 Å². The summed E-state index contributed by atoms with van der Waals surface area (Å²) in [5.41, 5.74) is 8.17. The van der Waals surface area contributed by atoms with Crippen LogP contribution in [0.3, 0.4) is 0 Å². The maximum atomic E-state index is 3.63. The molecule has 1 saturated carbocycles. The summed E-state index contributed by atoms with van der Waals surface area (Å²) in [5, 5.41) is 3.63. The molecule has 1 fully saturated rings. The number of hydrogen-bond donors (Lipinski definition) is 1. The zero-order valence-electron chi connectivity index (χ0n) is 12.7. The lowest BCUT2D eigenvalue weighted by molar-refractivity contribution is 0.688. The number of nitrogens with one attached hydrogen (secondary N) is 1. The predicted octanol–water partition coefficient (Wildman–Crippen LogP) is 4.53. The minimum absolute atomic E-state index is 0.754. The lowest BCUT2D eigenvalue weighted by atomic mass is 9.95. The number of aryl methyl sites for hydroxylation is 3. The Hall–Kier alpha value is -1.60. The van der Waals surface area contributed by atoms with Gasteiger partial charge in [0.25, 0.3) is 0 Å². The minimum Gasteiger partial charge on any atom is -0.310 e. The minimum atomic E-state index is 0.754. The lowest BCUT2D eigenvalue weighted by Gasteiger charge is -2.13. The van der Waals surface area contributed by atoms with Gasteiger partial charge in [-0.05, 0) is 61.4 Å².